The highest BCUT2D eigenvalue weighted by atomic mass is 31.2. The van der Waals surface area contributed by atoms with Gasteiger partial charge in [0.1, 0.15) is 0 Å². The molecule has 0 fully saturated rings. The van der Waals surface area contributed by atoms with Gasteiger partial charge in [-0.05, 0) is 30.7 Å². The van der Waals surface area contributed by atoms with Crippen LogP contribution >= 0.6 is 7.37 Å². The fourth-order valence-corrected chi connectivity index (χ4v) is 3.93. The maximum absolute atomic E-state index is 13.0. The van der Waals surface area contributed by atoms with Crippen molar-refractivity contribution in [2.24, 2.45) is 0 Å². The normalized spacial score (nSPS) is 14.2. The van der Waals surface area contributed by atoms with Crippen molar-refractivity contribution in [3.8, 4) is 0 Å². The van der Waals surface area contributed by atoms with Gasteiger partial charge >= 0.3 is 0 Å². The summed E-state index contributed by atoms with van der Waals surface area (Å²) in [5, 5.41) is 1.51. The average molecular weight is 246 g/mol. The van der Waals surface area contributed by atoms with Crippen LogP contribution in [0, 0.1) is 6.92 Å². The topological polar surface area (TPSA) is 26.3 Å². The van der Waals surface area contributed by atoms with Crippen LogP contribution in [0.25, 0.3) is 0 Å². The lowest BCUT2D eigenvalue weighted by Crippen LogP contribution is -2.19. The van der Waals surface area contributed by atoms with Crippen LogP contribution in [0.15, 0.2) is 54.6 Å². The Morgan fingerprint density at radius 3 is 2.12 bits per heavy atom. The van der Waals surface area contributed by atoms with Gasteiger partial charge in [0, 0.05) is 17.7 Å². The van der Waals surface area contributed by atoms with Gasteiger partial charge in [-0.3, -0.25) is 4.57 Å². The molecular weight excluding hydrogens is 231 g/mol. The summed E-state index contributed by atoms with van der Waals surface area (Å²) in [5.41, 5.74) is 0.988. The minimum absolute atomic E-state index is 0.733. The third kappa shape index (κ3) is 2.19. The first-order valence-corrected chi connectivity index (χ1v) is 7.08. The first kappa shape index (κ1) is 12.1. The first-order chi connectivity index (χ1) is 8.18. The van der Waals surface area contributed by atoms with Crippen molar-refractivity contribution in [2.75, 3.05) is 7.11 Å². The van der Waals surface area contributed by atoms with Gasteiger partial charge in [-0.2, -0.15) is 0 Å². The Bertz CT molecular complexity index is 549. The summed E-state index contributed by atoms with van der Waals surface area (Å²) in [5.74, 6) is 0. The Morgan fingerprint density at radius 2 is 1.53 bits per heavy atom. The van der Waals surface area contributed by atoms with Gasteiger partial charge in [-0.25, -0.2) is 0 Å². The summed E-state index contributed by atoms with van der Waals surface area (Å²) < 4.78 is 18.3. The van der Waals surface area contributed by atoms with Crippen LogP contribution in [0.3, 0.4) is 0 Å². The zero-order valence-electron chi connectivity index (χ0n) is 9.96. The lowest BCUT2D eigenvalue weighted by Gasteiger charge is -2.18. The predicted octanol–water partition coefficient (Wildman–Crippen LogP) is 2.87. The minimum atomic E-state index is -2.94. The van der Waals surface area contributed by atoms with E-state index in [0.29, 0.717) is 0 Å². The number of benzene rings is 2. The van der Waals surface area contributed by atoms with E-state index in [-0.39, 0.29) is 0 Å². The van der Waals surface area contributed by atoms with E-state index in [1.54, 1.807) is 0 Å². The molecule has 0 radical (unpaired) electrons. The summed E-state index contributed by atoms with van der Waals surface area (Å²) in [7, 11) is -1.44. The maximum atomic E-state index is 13.0. The number of aryl methyl sites for hydroxylation is 1. The lowest BCUT2D eigenvalue weighted by atomic mass is 10.2. The lowest BCUT2D eigenvalue weighted by molar-refractivity contribution is 0.412. The molecule has 0 amide bonds. The molecule has 17 heavy (non-hydrogen) atoms. The van der Waals surface area contributed by atoms with E-state index in [2.05, 4.69) is 0 Å². The molecule has 0 bridgehead atoms. The molecule has 3 heteroatoms. The van der Waals surface area contributed by atoms with Crippen molar-refractivity contribution in [1.82, 2.24) is 0 Å². The Balaban J connectivity index is 2.61. The Hall–Kier alpha value is -1.37. The molecular formula is C14H15O2P. The van der Waals surface area contributed by atoms with E-state index in [1.807, 2.05) is 61.5 Å². The molecule has 0 heterocycles. The Labute approximate surface area is 102 Å². The van der Waals surface area contributed by atoms with E-state index < -0.39 is 7.37 Å². The molecule has 0 aliphatic rings. The molecule has 0 aliphatic carbocycles. The molecule has 2 nitrogen and oxygen atoms in total. The molecule has 2 rings (SSSR count). The van der Waals surface area contributed by atoms with Crippen LogP contribution in [0.2, 0.25) is 0 Å². The molecule has 2 aromatic rings. The second kappa shape index (κ2) is 4.87. The molecule has 2 aromatic carbocycles. The second-order valence-corrected chi connectivity index (χ2v) is 6.32. The van der Waals surface area contributed by atoms with Gasteiger partial charge in [-0.15, -0.1) is 0 Å². The zero-order valence-corrected chi connectivity index (χ0v) is 10.9. The quantitative estimate of drug-likeness (QED) is 0.778. The molecule has 0 saturated carbocycles. The SMILES string of the molecule is CO[P@](=O)(c1ccccc1)c1ccccc1C. The highest BCUT2D eigenvalue weighted by molar-refractivity contribution is 7.74. The molecule has 0 aliphatic heterocycles. The molecule has 0 spiro atoms. The van der Waals surface area contributed by atoms with Crippen LogP contribution in [-0.4, -0.2) is 7.11 Å². The fourth-order valence-electron chi connectivity index (χ4n) is 1.86. The van der Waals surface area contributed by atoms with Crippen LogP contribution in [0.5, 0.6) is 0 Å². The summed E-state index contributed by atoms with van der Waals surface area (Å²) in [6.45, 7) is 1.95. The van der Waals surface area contributed by atoms with E-state index in [0.717, 1.165) is 16.2 Å². The highest BCUT2D eigenvalue weighted by Crippen LogP contribution is 2.44. The maximum Gasteiger partial charge on any atom is 0.261 e. The van der Waals surface area contributed by atoms with Gasteiger partial charge in [-0.1, -0.05) is 36.4 Å². The van der Waals surface area contributed by atoms with Crippen molar-refractivity contribution < 1.29 is 9.09 Å². The number of hydrogen-bond donors (Lipinski definition) is 0. The number of hydrogen-bond acceptors (Lipinski definition) is 2. The molecule has 88 valence electrons. The largest absolute Gasteiger partial charge is 0.325 e. The van der Waals surface area contributed by atoms with E-state index in [4.69, 9.17) is 4.52 Å². The van der Waals surface area contributed by atoms with Gasteiger partial charge in [0.15, 0.2) is 0 Å². The summed E-state index contributed by atoms with van der Waals surface area (Å²) in [4.78, 5) is 0. The molecule has 0 aromatic heterocycles. The van der Waals surface area contributed by atoms with Gasteiger partial charge in [0.2, 0.25) is 0 Å². The molecule has 0 N–H and O–H groups in total. The molecule has 0 unspecified atom stereocenters. The monoisotopic (exact) mass is 246 g/mol. The summed E-state index contributed by atoms with van der Waals surface area (Å²) in [6.07, 6.45) is 0. The molecule has 1 atom stereocenters. The van der Waals surface area contributed by atoms with E-state index in [9.17, 15) is 4.57 Å². The average Bonchev–Trinajstić information content (AvgIpc) is 2.39. The van der Waals surface area contributed by atoms with E-state index >= 15 is 0 Å². The van der Waals surface area contributed by atoms with Crippen molar-refractivity contribution in [1.29, 1.82) is 0 Å². The predicted molar refractivity (Wildman–Crippen MR) is 71.5 cm³/mol. The van der Waals surface area contributed by atoms with Gasteiger partial charge in [0.05, 0.1) is 0 Å². The summed E-state index contributed by atoms with van der Waals surface area (Å²) >= 11 is 0. The van der Waals surface area contributed by atoms with Crippen molar-refractivity contribution in [2.45, 2.75) is 6.92 Å². The number of rotatable bonds is 3. The Morgan fingerprint density at radius 1 is 0.941 bits per heavy atom. The van der Waals surface area contributed by atoms with E-state index in [1.165, 1.54) is 7.11 Å². The van der Waals surface area contributed by atoms with Crippen molar-refractivity contribution in [3.63, 3.8) is 0 Å². The Kier molecular flexibility index (Phi) is 3.46. The van der Waals surface area contributed by atoms with Crippen LogP contribution in [-0.2, 0) is 9.09 Å². The van der Waals surface area contributed by atoms with Crippen LogP contribution < -0.4 is 10.6 Å². The third-order valence-electron chi connectivity index (χ3n) is 2.79. The molecule has 0 saturated heterocycles. The van der Waals surface area contributed by atoms with Crippen LogP contribution in [0.4, 0.5) is 0 Å². The smallest absolute Gasteiger partial charge is 0.261 e. The minimum Gasteiger partial charge on any atom is -0.325 e. The van der Waals surface area contributed by atoms with Gasteiger partial charge in [0.25, 0.3) is 7.37 Å². The highest BCUT2D eigenvalue weighted by Gasteiger charge is 2.28. The third-order valence-corrected chi connectivity index (χ3v) is 5.41. The van der Waals surface area contributed by atoms with Gasteiger partial charge < -0.3 is 4.52 Å². The zero-order chi connectivity index (χ0) is 12.3. The summed E-state index contributed by atoms with van der Waals surface area (Å²) in [6, 6.07) is 17.0. The van der Waals surface area contributed by atoms with Crippen LogP contribution in [0.1, 0.15) is 5.56 Å². The fraction of sp³-hybridized carbons (Fsp3) is 0.143. The second-order valence-electron chi connectivity index (χ2n) is 3.86. The van der Waals surface area contributed by atoms with Crippen molar-refractivity contribution in [3.05, 3.63) is 60.2 Å². The van der Waals surface area contributed by atoms with Crippen molar-refractivity contribution >= 4 is 18.0 Å². The standard InChI is InChI=1S/C14H15O2P/c1-12-8-6-7-11-14(12)17(15,16-2)13-9-4-3-5-10-13/h3-11H,1-2H3/t17-/m1/s1. The first-order valence-electron chi connectivity index (χ1n) is 5.46.